The SMILES string of the molecule is O=C(CSc1ccccc1C(=O)N1CCC(c2nc3ccccc3s2)CC1)N1CCCC1. The number of fused-ring (bicyclic) bond motifs is 1. The summed E-state index contributed by atoms with van der Waals surface area (Å²) >= 11 is 3.27. The van der Waals surface area contributed by atoms with Crippen LogP contribution in [0.5, 0.6) is 0 Å². The van der Waals surface area contributed by atoms with E-state index in [1.165, 1.54) is 21.5 Å². The monoisotopic (exact) mass is 465 g/mol. The minimum absolute atomic E-state index is 0.0736. The van der Waals surface area contributed by atoms with Gasteiger partial charge >= 0.3 is 0 Å². The van der Waals surface area contributed by atoms with Gasteiger partial charge in [0, 0.05) is 37.0 Å². The van der Waals surface area contributed by atoms with Gasteiger partial charge in [0.05, 0.1) is 26.5 Å². The molecule has 0 atom stereocenters. The molecule has 2 fully saturated rings. The lowest BCUT2D eigenvalue weighted by molar-refractivity contribution is -0.127. The van der Waals surface area contributed by atoms with Crippen molar-refractivity contribution in [2.45, 2.75) is 36.5 Å². The van der Waals surface area contributed by atoms with Gasteiger partial charge in [-0.05, 0) is 49.9 Å². The van der Waals surface area contributed by atoms with Crippen molar-refractivity contribution in [3.63, 3.8) is 0 Å². The molecule has 2 aliphatic rings. The molecule has 0 saturated carbocycles. The van der Waals surface area contributed by atoms with Gasteiger partial charge in [-0.3, -0.25) is 9.59 Å². The molecular formula is C25H27N3O2S2. The van der Waals surface area contributed by atoms with E-state index in [2.05, 4.69) is 18.2 Å². The first-order valence-corrected chi connectivity index (χ1v) is 13.1. The number of hydrogen-bond donors (Lipinski definition) is 0. The molecule has 0 unspecified atom stereocenters. The lowest BCUT2D eigenvalue weighted by Crippen LogP contribution is -2.38. The Morgan fingerprint density at radius 2 is 1.66 bits per heavy atom. The highest BCUT2D eigenvalue weighted by Gasteiger charge is 2.28. The van der Waals surface area contributed by atoms with Crippen LogP contribution in [0.2, 0.25) is 0 Å². The molecule has 1 aromatic heterocycles. The Labute approximate surface area is 196 Å². The van der Waals surface area contributed by atoms with Crippen molar-refractivity contribution in [3.05, 3.63) is 59.1 Å². The van der Waals surface area contributed by atoms with Gasteiger partial charge in [0.1, 0.15) is 0 Å². The average molecular weight is 466 g/mol. The minimum Gasteiger partial charge on any atom is -0.342 e. The number of rotatable bonds is 5. The number of piperidine rings is 1. The first kappa shape index (κ1) is 21.5. The van der Waals surface area contributed by atoms with Gasteiger partial charge in [-0.2, -0.15) is 0 Å². The summed E-state index contributed by atoms with van der Waals surface area (Å²) in [4.78, 5) is 35.4. The molecule has 3 heterocycles. The van der Waals surface area contributed by atoms with Crippen LogP contribution < -0.4 is 0 Å². The topological polar surface area (TPSA) is 53.5 Å². The second kappa shape index (κ2) is 9.63. The molecule has 166 valence electrons. The molecule has 7 heteroatoms. The van der Waals surface area contributed by atoms with Crippen molar-refractivity contribution in [3.8, 4) is 0 Å². The van der Waals surface area contributed by atoms with Gasteiger partial charge in [0.15, 0.2) is 0 Å². The largest absolute Gasteiger partial charge is 0.342 e. The van der Waals surface area contributed by atoms with Crippen molar-refractivity contribution in [2.24, 2.45) is 0 Å². The van der Waals surface area contributed by atoms with E-state index in [-0.39, 0.29) is 11.8 Å². The second-order valence-electron chi connectivity index (χ2n) is 8.46. The summed E-state index contributed by atoms with van der Waals surface area (Å²) in [7, 11) is 0. The Morgan fingerprint density at radius 1 is 0.938 bits per heavy atom. The number of carbonyl (C=O) groups excluding carboxylic acids is 2. The number of thioether (sulfide) groups is 1. The molecule has 0 radical (unpaired) electrons. The molecule has 5 rings (SSSR count). The van der Waals surface area contributed by atoms with Gasteiger partial charge in [-0.1, -0.05) is 24.3 Å². The molecule has 2 aromatic carbocycles. The maximum Gasteiger partial charge on any atom is 0.254 e. The molecule has 32 heavy (non-hydrogen) atoms. The van der Waals surface area contributed by atoms with Crippen molar-refractivity contribution < 1.29 is 9.59 Å². The summed E-state index contributed by atoms with van der Waals surface area (Å²) < 4.78 is 1.23. The zero-order valence-electron chi connectivity index (χ0n) is 18.0. The third-order valence-electron chi connectivity index (χ3n) is 6.37. The van der Waals surface area contributed by atoms with E-state index in [1.807, 2.05) is 40.1 Å². The summed E-state index contributed by atoms with van der Waals surface area (Å²) in [5.41, 5.74) is 1.78. The van der Waals surface area contributed by atoms with Crippen LogP contribution in [-0.4, -0.2) is 58.5 Å². The zero-order valence-corrected chi connectivity index (χ0v) is 19.7. The summed E-state index contributed by atoms with van der Waals surface area (Å²) in [6.45, 7) is 3.21. The first-order valence-electron chi connectivity index (χ1n) is 11.3. The number of likely N-dealkylation sites (tertiary alicyclic amines) is 2. The van der Waals surface area contributed by atoms with Gasteiger partial charge in [-0.25, -0.2) is 4.98 Å². The Hall–Kier alpha value is -2.38. The Bertz CT molecular complexity index is 1080. The highest BCUT2D eigenvalue weighted by molar-refractivity contribution is 8.00. The van der Waals surface area contributed by atoms with E-state index >= 15 is 0 Å². The number of para-hydroxylation sites is 1. The molecule has 2 aliphatic heterocycles. The standard InChI is InChI=1S/C25H27N3O2S2/c29-23(27-13-5-6-14-27)17-31-21-9-3-1-7-19(21)25(30)28-15-11-18(12-16-28)24-26-20-8-2-4-10-22(20)32-24/h1-4,7-10,18H,5-6,11-17H2. The van der Waals surface area contributed by atoms with E-state index in [0.717, 1.165) is 62.3 Å². The van der Waals surface area contributed by atoms with Crippen LogP contribution in [0.4, 0.5) is 0 Å². The predicted octanol–water partition coefficient (Wildman–Crippen LogP) is 5.03. The number of carbonyl (C=O) groups is 2. The third-order valence-corrected chi connectivity index (χ3v) is 8.63. The van der Waals surface area contributed by atoms with Crippen LogP contribution in [0.25, 0.3) is 10.2 Å². The van der Waals surface area contributed by atoms with Crippen molar-refractivity contribution in [2.75, 3.05) is 31.9 Å². The predicted molar refractivity (Wildman–Crippen MR) is 130 cm³/mol. The van der Waals surface area contributed by atoms with Crippen LogP contribution in [0.3, 0.4) is 0 Å². The molecule has 0 N–H and O–H groups in total. The van der Waals surface area contributed by atoms with Crippen LogP contribution in [0.15, 0.2) is 53.4 Å². The van der Waals surface area contributed by atoms with Gasteiger partial charge in [0.25, 0.3) is 5.91 Å². The molecule has 5 nitrogen and oxygen atoms in total. The fourth-order valence-electron chi connectivity index (χ4n) is 4.53. The van der Waals surface area contributed by atoms with Crippen molar-refractivity contribution in [1.29, 1.82) is 0 Å². The van der Waals surface area contributed by atoms with Crippen molar-refractivity contribution in [1.82, 2.24) is 14.8 Å². The molecule has 2 saturated heterocycles. The Balaban J connectivity index is 1.22. The Kier molecular flexibility index (Phi) is 6.46. The third kappa shape index (κ3) is 4.55. The molecule has 3 aromatic rings. The molecular weight excluding hydrogens is 438 g/mol. The maximum atomic E-state index is 13.3. The quantitative estimate of drug-likeness (QED) is 0.496. The number of benzene rings is 2. The molecule has 2 amide bonds. The van der Waals surface area contributed by atoms with Crippen molar-refractivity contribution >= 4 is 45.1 Å². The highest BCUT2D eigenvalue weighted by atomic mass is 32.2. The fraction of sp³-hybridized carbons (Fsp3) is 0.400. The number of nitrogens with zero attached hydrogens (tertiary/aromatic N) is 3. The highest BCUT2D eigenvalue weighted by Crippen LogP contribution is 2.34. The van der Waals surface area contributed by atoms with E-state index in [1.54, 1.807) is 11.3 Å². The maximum absolute atomic E-state index is 13.3. The molecule has 0 aliphatic carbocycles. The van der Waals surface area contributed by atoms with E-state index < -0.39 is 0 Å². The van der Waals surface area contributed by atoms with Gasteiger partial charge in [-0.15, -0.1) is 23.1 Å². The summed E-state index contributed by atoms with van der Waals surface area (Å²) in [6.07, 6.45) is 4.07. The number of aromatic nitrogens is 1. The number of thiazole rings is 1. The minimum atomic E-state index is 0.0736. The Morgan fingerprint density at radius 3 is 2.44 bits per heavy atom. The lowest BCUT2D eigenvalue weighted by Gasteiger charge is -2.31. The van der Waals surface area contributed by atoms with Gasteiger partial charge in [0.2, 0.25) is 5.91 Å². The number of hydrogen-bond acceptors (Lipinski definition) is 5. The molecule has 0 spiro atoms. The lowest BCUT2D eigenvalue weighted by atomic mass is 9.97. The van der Waals surface area contributed by atoms with E-state index in [4.69, 9.17) is 4.98 Å². The summed E-state index contributed by atoms with van der Waals surface area (Å²) in [5, 5.41) is 1.19. The molecule has 0 bridgehead atoms. The van der Waals surface area contributed by atoms with Crippen LogP contribution in [-0.2, 0) is 4.79 Å². The average Bonchev–Trinajstić information content (AvgIpc) is 3.53. The summed E-state index contributed by atoms with van der Waals surface area (Å²) in [6, 6.07) is 16.0. The van der Waals surface area contributed by atoms with Crippen LogP contribution in [0, 0.1) is 0 Å². The normalized spacial score (nSPS) is 17.2. The van der Waals surface area contributed by atoms with E-state index in [9.17, 15) is 9.59 Å². The zero-order chi connectivity index (χ0) is 21.9. The van der Waals surface area contributed by atoms with E-state index in [0.29, 0.717) is 17.2 Å². The smallest absolute Gasteiger partial charge is 0.254 e. The fourth-order valence-corrected chi connectivity index (χ4v) is 6.61. The van der Waals surface area contributed by atoms with Crippen LogP contribution in [0.1, 0.15) is 47.0 Å². The van der Waals surface area contributed by atoms with Gasteiger partial charge < -0.3 is 9.80 Å². The number of amides is 2. The summed E-state index contributed by atoms with van der Waals surface area (Å²) in [5.74, 6) is 1.05. The second-order valence-corrected chi connectivity index (χ2v) is 10.5. The van der Waals surface area contributed by atoms with Crippen LogP contribution >= 0.6 is 23.1 Å². The first-order chi connectivity index (χ1) is 15.7.